The Labute approximate surface area is 112 Å². The molecule has 5 nitrogen and oxygen atoms in total. The van der Waals surface area contributed by atoms with E-state index >= 15 is 0 Å². The highest BCUT2D eigenvalue weighted by molar-refractivity contribution is 7.92. The van der Waals surface area contributed by atoms with Crippen molar-refractivity contribution in [3.05, 3.63) is 47.9 Å². The van der Waals surface area contributed by atoms with E-state index in [4.69, 9.17) is 5.73 Å². The summed E-state index contributed by atoms with van der Waals surface area (Å²) in [6.07, 6.45) is 0. The summed E-state index contributed by atoms with van der Waals surface area (Å²) in [6, 6.07) is 4.76. The Kier molecular flexibility index (Phi) is 3.53. The Balaban J connectivity index is 2.46. The Bertz CT molecular complexity index is 766. The van der Waals surface area contributed by atoms with Crippen LogP contribution < -0.4 is 10.5 Å². The van der Waals surface area contributed by atoms with Crippen molar-refractivity contribution >= 4 is 21.5 Å². The van der Waals surface area contributed by atoms with Crippen molar-refractivity contribution in [2.45, 2.75) is 4.90 Å². The Hall–Kier alpha value is -2.29. The van der Waals surface area contributed by atoms with E-state index in [-0.39, 0.29) is 11.5 Å². The molecule has 0 aliphatic carbocycles. The van der Waals surface area contributed by atoms with Crippen LogP contribution in [0, 0.1) is 17.6 Å². The van der Waals surface area contributed by atoms with Crippen LogP contribution in [0.2, 0.25) is 0 Å². The molecule has 0 aliphatic heterocycles. The molecule has 3 N–H and O–H groups in total. The number of pyridine rings is 1. The number of hydrogen-bond donors (Lipinski definition) is 2. The zero-order valence-corrected chi connectivity index (χ0v) is 10.6. The fourth-order valence-electron chi connectivity index (χ4n) is 1.44. The second-order valence-corrected chi connectivity index (χ2v) is 5.42. The summed E-state index contributed by atoms with van der Waals surface area (Å²) in [4.78, 5) is 2.27. The van der Waals surface area contributed by atoms with Crippen molar-refractivity contribution in [1.29, 1.82) is 0 Å². The first-order valence-electron chi connectivity index (χ1n) is 5.19. The predicted octanol–water partition coefficient (Wildman–Crippen LogP) is 1.88. The average Bonchev–Trinajstić information content (AvgIpc) is 2.33. The number of sulfonamides is 1. The first-order valence-corrected chi connectivity index (χ1v) is 6.68. The third-order valence-electron chi connectivity index (χ3n) is 2.26. The van der Waals surface area contributed by atoms with Crippen LogP contribution in [0.4, 0.5) is 24.7 Å². The molecular weight excluding hydrogens is 295 g/mol. The third-order valence-corrected chi connectivity index (χ3v) is 3.61. The van der Waals surface area contributed by atoms with E-state index in [1.54, 1.807) is 0 Å². The lowest BCUT2D eigenvalue weighted by molar-refractivity contribution is 0.486. The van der Waals surface area contributed by atoms with Gasteiger partial charge >= 0.3 is 0 Å². The van der Waals surface area contributed by atoms with E-state index in [0.29, 0.717) is 6.07 Å². The molecule has 0 atom stereocenters. The molecule has 0 amide bonds. The third kappa shape index (κ3) is 2.82. The molecule has 0 saturated heterocycles. The van der Waals surface area contributed by atoms with E-state index in [2.05, 4.69) is 4.98 Å². The molecule has 1 heterocycles. The minimum Gasteiger partial charge on any atom is -0.399 e. The van der Waals surface area contributed by atoms with Crippen molar-refractivity contribution in [3.8, 4) is 0 Å². The van der Waals surface area contributed by atoms with Crippen molar-refractivity contribution < 1.29 is 21.6 Å². The molecule has 1 aromatic heterocycles. The number of aromatic nitrogens is 1. The standard InChI is InChI=1S/C11H8F3N3O2S/c12-7-4-6(15)5-8(11(7)14)20(18,19)17-10-3-1-2-9(13)16-10/h1-5H,15H2,(H,16,17). The van der Waals surface area contributed by atoms with Crippen molar-refractivity contribution in [3.63, 3.8) is 0 Å². The minimum absolute atomic E-state index is 0.267. The second-order valence-electron chi connectivity index (χ2n) is 3.77. The molecule has 0 unspecified atom stereocenters. The first-order chi connectivity index (χ1) is 9.29. The van der Waals surface area contributed by atoms with Crippen LogP contribution in [-0.2, 0) is 10.0 Å². The van der Waals surface area contributed by atoms with Crippen LogP contribution in [0.5, 0.6) is 0 Å². The summed E-state index contributed by atoms with van der Waals surface area (Å²) in [5.41, 5.74) is 5.00. The number of rotatable bonds is 3. The van der Waals surface area contributed by atoms with Gasteiger partial charge in [0.05, 0.1) is 0 Å². The summed E-state index contributed by atoms with van der Waals surface area (Å²) in [7, 11) is -4.48. The maximum Gasteiger partial charge on any atom is 0.266 e. The van der Waals surface area contributed by atoms with Gasteiger partial charge in [0, 0.05) is 5.69 Å². The van der Waals surface area contributed by atoms with Crippen LogP contribution in [0.3, 0.4) is 0 Å². The Morgan fingerprint density at radius 2 is 1.85 bits per heavy atom. The lowest BCUT2D eigenvalue weighted by Crippen LogP contribution is -2.16. The van der Waals surface area contributed by atoms with E-state index in [9.17, 15) is 21.6 Å². The molecule has 9 heteroatoms. The number of hydrogen-bond acceptors (Lipinski definition) is 4. The number of nitrogens with one attached hydrogen (secondary N) is 1. The normalized spacial score (nSPS) is 11.3. The van der Waals surface area contributed by atoms with Crippen molar-refractivity contribution in [2.75, 3.05) is 10.5 Å². The summed E-state index contributed by atoms with van der Waals surface area (Å²) < 4.78 is 65.2. The van der Waals surface area contributed by atoms with Gasteiger partial charge in [-0.25, -0.2) is 22.2 Å². The van der Waals surface area contributed by atoms with Gasteiger partial charge in [-0.3, -0.25) is 4.72 Å². The first kappa shape index (κ1) is 14.1. The van der Waals surface area contributed by atoms with E-state index in [0.717, 1.165) is 18.2 Å². The largest absolute Gasteiger partial charge is 0.399 e. The van der Waals surface area contributed by atoms with Crippen LogP contribution in [0.1, 0.15) is 0 Å². The molecule has 0 aliphatic rings. The minimum atomic E-state index is -4.48. The van der Waals surface area contributed by atoms with Crippen LogP contribution in [0.25, 0.3) is 0 Å². The van der Waals surface area contributed by atoms with Gasteiger partial charge in [-0.15, -0.1) is 0 Å². The van der Waals surface area contributed by atoms with Crippen molar-refractivity contribution in [2.24, 2.45) is 0 Å². The number of nitrogens with zero attached hydrogens (tertiary/aromatic N) is 1. The highest BCUT2D eigenvalue weighted by Crippen LogP contribution is 2.23. The lowest BCUT2D eigenvalue weighted by Gasteiger charge is -2.09. The SMILES string of the molecule is Nc1cc(F)c(F)c(S(=O)(=O)Nc2cccc(F)n2)c1. The molecule has 106 valence electrons. The second kappa shape index (κ2) is 5.00. The molecule has 0 saturated carbocycles. The molecule has 20 heavy (non-hydrogen) atoms. The summed E-state index contributed by atoms with van der Waals surface area (Å²) in [6.45, 7) is 0. The number of nitrogens with two attached hydrogens (primary N) is 1. The fourth-order valence-corrected chi connectivity index (χ4v) is 2.56. The summed E-state index contributed by atoms with van der Waals surface area (Å²) in [5, 5.41) is 0. The lowest BCUT2D eigenvalue weighted by atomic mass is 10.3. The quantitative estimate of drug-likeness (QED) is 0.669. The molecule has 0 radical (unpaired) electrons. The molecule has 0 fully saturated rings. The maximum absolute atomic E-state index is 13.5. The molecule has 0 spiro atoms. The number of nitrogen functional groups attached to an aromatic ring is 1. The van der Waals surface area contributed by atoms with Gasteiger partial charge in [0.15, 0.2) is 11.6 Å². The Morgan fingerprint density at radius 3 is 2.50 bits per heavy atom. The van der Waals surface area contributed by atoms with Gasteiger partial charge in [0.1, 0.15) is 10.7 Å². The number of halogens is 3. The number of anilines is 2. The van der Waals surface area contributed by atoms with Gasteiger partial charge in [0.25, 0.3) is 10.0 Å². The molecule has 2 rings (SSSR count). The zero-order valence-electron chi connectivity index (χ0n) is 9.77. The number of benzene rings is 1. The molecule has 1 aromatic carbocycles. The van der Waals surface area contributed by atoms with Crippen LogP contribution in [-0.4, -0.2) is 13.4 Å². The topological polar surface area (TPSA) is 85.1 Å². The Morgan fingerprint density at radius 1 is 1.15 bits per heavy atom. The maximum atomic E-state index is 13.5. The molecule has 0 bridgehead atoms. The highest BCUT2D eigenvalue weighted by Gasteiger charge is 2.23. The van der Waals surface area contributed by atoms with E-state index < -0.39 is 32.5 Å². The van der Waals surface area contributed by atoms with Crippen LogP contribution in [0.15, 0.2) is 35.2 Å². The summed E-state index contributed by atoms with van der Waals surface area (Å²) >= 11 is 0. The summed E-state index contributed by atoms with van der Waals surface area (Å²) in [5.74, 6) is -4.28. The fraction of sp³-hybridized carbons (Fsp3) is 0. The smallest absolute Gasteiger partial charge is 0.266 e. The molecular formula is C11H8F3N3O2S. The van der Waals surface area contributed by atoms with E-state index in [1.165, 1.54) is 6.07 Å². The van der Waals surface area contributed by atoms with Gasteiger partial charge < -0.3 is 5.73 Å². The average molecular weight is 303 g/mol. The van der Waals surface area contributed by atoms with Gasteiger partial charge in [-0.1, -0.05) is 6.07 Å². The molecule has 2 aromatic rings. The van der Waals surface area contributed by atoms with Crippen molar-refractivity contribution in [1.82, 2.24) is 4.98 Å². The van der Waals surface area contributed by atoms with E-state index in [1.807, 2.05) is 4.72 Å². The zero-order chi connectivity index (χ0) is 14.9. The van der Waals surface area contributed by atoms with Gasteiger partial charge in [-0.05, 0) is 24.3 Å². The van der Waals surface area contributed by atoms with Gasteiger partial charge in [0.2, 0.25) is 5.95 Å². The predicted molar refractivity (Wildman–Crippen MR) is 65.8 cm³/mol. The van der Waals surface area contributed by atoms with Crippen LogP contribution >= 0.6 is 0 Å². The van der Waals surface area contributed by atoms with Gasteiger partial charge in [-0.2, -0.15) is 4.39 Å². The highest BCUT2D eigenvalue weighted by atomic mass is 32.2. The monoisotopic (exact) mass is 303 g/mol.